The van der Waals surface area contributed by atoms with Crippen LogP contribution in [0.15, 0.2) is 53.3 Å². The second kappa shape index (κ2) is 9.79. The van der Waals surface area contributed by atoms with E-state index in [0.717, 1.165) is 37.7 Å². The van der Waals surface area contributed by atoms with Gasteiger partial charge in [-0.25, -0.2) is 4.79 Å². The number of hydrogen-bond donors (Lipinski definition) is 1. The van der Waals surface area contributed by atoms with E-state index in [1.807, 2.05) is 26.0 Å². The molecule has 2 aromatic rings. The summed E-state index contributed by atoms with van der Waals surface area (Å²) in [5, 5.41) is 13.0. The van der Waals surface area contributed by atoms with Gasteiger partial charge in [0.05, 0.1) is 36.6 Å². The molecule has 1 aromatic heterocycles. The fourth-order valence-electron chi connectivity index (χ4n) is 12.7. The topological polar surface area (TPSA) is 125 Å². The van der Waals surface area contributed by atoms with Crippen LogP contribution in [0.1, 0.15) is 82.9 Å². The number of Topliss-reactive ketones (excluding diaryl/α,β-unsaturated/α-hetero) is 1. The third-order valence-electron chi connectivity index (χ3n) is 14.1. The maximum atomic E-state index is 15.1. The van der Waals surface area contributed by atoms with Crippen molar-refractivity contribution in [2.24, 2.45) is 39.9 Å². The van der Waals surface area contributed by atoms with E-state index in [-0.39, 0.29) is 36.6 Å². The molecular formula is C38H44O9. The smallest absolute Gasteiger partial charge is 0.339 e. The molecule has 9 rings (SSSR count). The van der Waals surface area contributed by atoms with E-state index in [2.05, 4.69) is 31.2 Å². The molecule has 1 aromatic carbocycles. The minimum atomic E-state index is -1.39. The molecule has 47 heavy (non-hydrogen) atoms. The number of ketones is 1. The van der Waals surface area contributed by atoms with Crippen LogP contribution in [0.3, 0.4) is 0 Å². The summed E-state index contributed by atoms with van der Waals surface area (Å²) in [5.41, 5.74) is -2.77. The molecule has 4 aliphatic heterocycles. The molecule has 3 saturated carbocycles. The number of esters is 2. The number of epoxide rings is 1. The number of aliphatic hydroxyl groups is 1. The first kappa shape index (κ1) is 30.1. The number of fused-ring (bicyclic) bond motifs is 1. The predicted molar refractivity (Wildman–Crippen MR) is 165 cm³/mol. The molecule has 7 aliphatic rings. The van der Waals surface area contributed by atoms with Crippen LogP contribution in [0.2, 0.25) is 0 Å². The minimum absolute atomic E-state index is 0.0582. The molecule has 5 heterocycles. The van der Waals surface area contributed by atoms with Gasteiger partial charge in [-0.3, -0.25) is 9.59 Å². The quantitative estimate of drug-likeness (QED) is 0.356. The lowest BCUT2D eigenvalue weighted by Crippen LogP contribution is -2.79. The zero-order valence-electron chi connectivity index (χ0n) is 27.3. The Morgan fingerprint density at radius 3 is 2.53 bits per heavy atom. The monoisotopic (exact) mass is 644 g/mol. The molecule has 7 fully saturated rings. The van der Waals surface area contributed by atoms with E-state index in [9.17, 15) is 14.7 Å². The number of ether oxygens (including phenoxy) is 4. The number of cyclic esters (lactones) is 2. The lowest BCUT2D eigenvalue weighted by Gasteiger charge is -2.70. The molecule has 3 aliphatic carbocycles. The largest absolute Gasteiger partial charge is 0.472 e. The molecule has 12 atom stereocenters. The van der Waals surface area contributed by atoms with E-state index >= 15 is 4.79 Å². The highest BCUT2D eigenvalue weighted by molar-refractivity contribution is 5.92. The van der Waals surface area contributed by atoms with Crippen LogP contribution in [0.5, 0.6) is 0 Å². The predicted octanol–water partition coefficient (Wildman–Crippen LogP) is 5.14. The summed E-state index contributed by atoms with van der Waals surface area (Å²) >= 11 is 0. The van der Waals surface area contributed by atoms with Crippen molar-refractivity contribution >= 4 is 17.7 Å². The fourth-order valence-corrected chi connectivity index (χ4v) is 12.7. The minimum Gasteiger partial charge on any atom is -0.472 e. The van der Waals surface area contributed by atoms with Gasteiger partial charge in [0, 0.05) is 21.8 Å². The summed E-state index contributed by atoms with van der Waals surface area (Å²) in [5.74, 6) is -1.80. The van der Waals surface area contributed by atoms with Gasteiger partial charge in [-0.05, 0) is 75.3 Å². The highest BCUT2D eigenvalue weighted by Crippen LogP contribution is 2.82. The average Bonchev–Trinajstić information content (AvgIpc) is 3.49. The average molecular weight is 645 g/mol. The van der Waals surface area contributed by atoms with Crippen molar-refractivity contribution in [1.29, 1.82) is 0 Å². The van der Waals surface area contributed by atoms with Crippen molar-refractivity contribution in [2.45, 2.75) is 108 Å². The first-order valence-electron chi connectivity index (χ1n) is 17.5. The van der Waals surface area contributed by atoms with Crippen molar-refractivity contribution in [3.63, 3.8) is 0 Å². The van der Waals surface area contributed by atoms with Crippen molar-refractivity contribution in [2.75, 3.05) is 6.61 Å². The van der Waals surface area contributed by atoms with Gasteiger partial charge in [0.25, 0.3) is 0 Å². The molecule has 0 radical (unpaired) electrons. The van der Waals surface area contributed by atoms with E-state index in [4.69, 9.17) is 23.4 Å². The van der Waals surface area contributed by atoms with E-state index in [1.165, 1.54) is 5.56 Å². The highest BCUT2D eigenvalue weighted by atomic mass is 16.7. The summed E-state index contributed by atoms with van der Waals surface area (Å²) in [6.45, 7) is 5.99. The number of furan rings is 1. The van der Waals surface area contributed by atoms with Crippen LogP contribution in [-0.2, 0) is 39.8 Å². The Morgan fingerprint density at radius 2 is 1.77 bits per heavy atom. The lowest BCUT2D eigenvalue weighted by atomic mass is 9.32. The molecule has 2 spiro atoms. The molecule has 1 N–H and O–H groups in total. The van der Waals surface area contributed by atoms with Crippen LogP contribution < -0.4 is 0 Å². The van der Waals surface area contributed by atoms with Crippen LogP contribution in [-0.4, -0.2) is 58.9 Å². The first-order valence-corrected chi connectivity index (χ1v) is 17.5. The number of carbonyl (C=O) groups is 3. The molecular weight excluding hydrogens is 600 g/mol. The Bertz CT molecular complexity index is 1620. The Balaban J connectivity index is 1.25. The molecule has 9 nitrogen and oxygen atoms in total. The number of rotatable bonds is 4. The van der Waals surface area contributed by atoms with Gasteiger partial charge < -0.3 is 28.5 Å². The molecule has 0 bridgehead atoms. The molecule has 250 valence electrons. The van der Waals surface area contributed by atoms with Crippen molar-refractivity contribution in [1.82, 2.24) is 0 Å². The zero-order chi connectivity index (χ0) is 32.6. The van der Waals surface area contributed by atoms with Crippen LogP contribution >= 0.6 is 0 Å². The summed E-state index contributed by atoms with van der Waals surface area (Å²) < 4.78 is 31.1. The van der Waals surface area contributed by atoms with Gasteiger partial charge >= 0.3 is 11.9 Å². The summed E-state index contributed by atoms with van der Waals surface area (Å²) in [6, 6.07) is 12.3. The number of hydrogen-bond acceptors (Lipinski definition) is 9. The van der Waals surface area contributed by atoms with E-state index in [1.54, 1.807) is 12.5 Å². The standard InChI is InChI=1S/C38H44O9/c1-34(2)29-28(40)30(41)37(24-11-7-10-22(17-24)16-21-8-5-4-6-9-21)25(36(29)20-44-27(39)18-26(36)46-34)12-14-35(3)31(23-13-15-43-19-23)45-33(42)32-38(35,37)47-32/h4-6,8-9,13,15,19,22,24-26,29-32,41H,7,10-12,14,16-18,20H2,1-3H3. The van der Waals surface area contributed by atoms with Gasteiger partial charge in [-0.1, -0.05) is 50.1 Å². The molecule has 4 saturated heterocycles. The Morgan fingerprint density at radius 1 is 0.957 bits per heavy atom. The maximum Gasteiger partial charge on any atom is 0.339 e. The van der Waals surface area contributed by atoms with Crippen molar-refractivity contribution in [3.8, 4) is 0 Å². The Hall–Kier alpha value is -3.01. The normalized spacial score (nSPS) is 47.8. The van der Waals surface area contributed by atoms with Crippen molar-refractivity contribution < 1.29 is 42.9 Å². The lowest BCUT2D eigenvalue weighted by molar-refractivity contribution is -0.276. The van der Waals surface area contributed by atoms with E-state index < -0.39 is 63.8 Å². The Kier molecular flexibility index (Phi) is 6.27. The molecule has 0 amide bonds. The number of benzene rings is 1. The van der Waals surface area contributed by atoms with Gasteiger partial charge in [0.2, 0.25) is 0 Å². The van der Waals surface area contributed by atoms with Crippen LogP contribution in [0.4, 0.5) is 0 Å². The van der Waals surface area contributed by atoms with Crippen LogP contribution in [0, 0.1) is 39.9 Å². The first-order chi connectivity index (χ1) is 22.5. The van der Waals surface area contributed by atoms with Crippen molar-refractivity contribution in [3.05, 3.63) is 60.1 Å². The SMILES string of the molecule is CC1(C)OC2CC(=O)OCC23C1C(=O)C(O)C1(C2CCCC(Cc4ccccc4)C2)C3CCC2(C)C(c3ccoc3)OC(=O)C3OC321. The van der Waals surface area contributed by atoms with Gasteiger partial charge in [-0.15, -0.1) is 0 Å². The molecule has 12 unspecified atom stereocenters. The van der Waals surface area contributed by atoms with Crippen LogP contribution in [0.25, 0.3) is 0 Å². The Labute approximate surface area is 274 Å². The second-order valence-electron chi connectivity index (χ2n) is 16.4. The zero-order valence-corrected chi connectivity index (χ0v) is 27.3. The third kappa shape index (κ3) is 3.58. The summed E-state index contributed by atoms with van der Waals surface area (Å²) in [7, 11) is 0. The number of carbonyl (C=O) groups excluding carboxylic acids is 3. The molecule has 9 heteroatoms. The van der Waals surface area contributed by atoms with Gasteiger partial charge in [0.15, 0.2) is 11.9 Å². The second-order valence-corrected chi connectivity index (χ2v) is 16.4. The van der Waals surface area contributed by atoms with Gasteiger partial charge in [-0.2, -0.15) is 0 Å². The summed E-state index contributed by atoms with van der Waals surface area (Å²) in [4.78, 5) is 41.9. The third-order valence-corrected chi connectivity index (χ3v) is 14.1. The van der Waals surface area contributed by atoms with Gasteiger partial charge in [0.1, 0.15) is 24.4 Å². The summed E-state index contributed by atoms with van der Waals surface area (Å²) in [6.07, 6.45) is 5.56. The highest BCUT2D eigenvalue weighted by Gasteiger charge is 2.92. The fraction of sp³-hybridized carbons (Fsp3) is 0.658. The maximum absolute atomic E-state index is 15.1. The van der Waals surface area contributed by atoms with E-state index in [0.29, 0.717) is 18.8 Å². The number of aliphatic hydroxyl groups excluding tert-OH is 1.